The summed E-state index contributed by atoms with van der Waals surface area (Å²) in [6.07, 6.45) is 0. The zero-order chi connectivity index (χ0) is 25.4. The van der Waals surface area contributed by atoms with Crippen LogP contribution in [0.15, 0.2) is 77.7 Å². The van der Waals surface area contributed by atoms with E-state index < -0.39 is 28.4 Å². The summed E-state index contributed by atoms with van der Waals surface area (Å²) in [6.45, 7) is 5.52. The normalized spacial score (nSPS) is 10.9. The minimum atomic E-state index is -4.08. The molecule has 0 heterocycles. The van der Waals surface area contributed by atoms with Crippen LogP contribution in [0.1, 0.15) is 29.8 Å². The van der Waals surface area contributed by atoms with Gasteiger partial charge in [0.15, 0.2) is 0 Å². The Bertz CT molecular complexity index is 1270. The van der Waals surface area contributed by atoms with Gasteiger partial charge in [0.25, 0.3) is 10.0 Å². The number of carbonyl (C=O) groups excluding carboxylic acids is 2. The highest BCUT2D eigenvalue weighted by Gasteiger charge is 2.28. The quantitative estimate of drug-likeness (QED) is 0.417. The van der Waals surface area contributed by atoms with E-state index in [1.54, 1.807) is 61.5 Å². The summed E-state index contributed by atoms with van der Waals surface area (Å²) in [5, 5.41) is 2.64. The van der Waals surface area contributed by atoms with Gasteiger partial charge in [-0.2, -0.15) is 0 Å². The van der Waals surface area contributed by atoms with Crippen molar-refractivity contribution in [2.24, 2.45) is 0 Å². The molecule has 0 radical (unpaired) electrons. The first-order chi connectivity index (χ1) is 16.8. The maximum atomic E-state index is 13.5. The van der Waals surface area contributed by atoms with Gasteiger partial charge in [0, 0.05) is 0 Å². The zero-order valence-corrected chi connectivity index (χ0v) is 20.7. The first kappa shape index (κ1) is 25.8. The fourth-order valence-electron chi connectivity index (χ4n) is 3.33. The number of para-hydroxylation sites is 1. The van der Waals surface area contributed by atoms with Crippen molar-refractivity contribution in [3.05, 3.63) is 83.9 Å². The van der Waals surface area contributed by atoms with E-state index in [0.717, 1.165) is 9.87 Å². The number of hydrogen-bond acceptors (Lipinski definition) is 6. The summed E-state index contributed by atoms with van der Waals surface area (Å²) < 4.78 is 38.6. The van der Waals surface area contributed by atoms with Crippen molar-refractivity contribution in [2.45, 2.75) is 25.7 Å². The van der Waals surface area contributed by atoms with Gasteiger partial charge in [-0.05, 0) is 69.3 Å². The summed E-state index contributed by atoms with van der Waals surface area (Å²) in [5.74, 6) is -0.623. The molecule has 3 rings (SSSR count). The average Bonchev–Trinajstić information content (AvgIpc) is 2.84. The average molecular weight is 497 g/mol. The minimum absolute atomic E-state index is 0.0525. The maximum absolute atomic E-state index is 13.5. The fourth-order valence-corrected chi connectivity index (χ4v) is 4.75. The number of aryl methyl sites for hydroxylation is 1. The van der Waals surface area contributed by atoms with E-state index in [0.29, 0.717) is 18.0 Å². The van der Waals surface area contributed by atoms with Crippen LogP contribution in [-0.4, -0.2) is 40.1 Å². The molecule has 0 aromatic heterocycles. The van der Waals surface area contributed by atoms with Crippen molar-refractivity contribution in [3.8, 4) is 5.75 Å². The van der Waals surface area contributed by atoms with Crippen molar-refractivity contribution in [1.82, 2.24) is 0 Å². The van der Waals surface area contributed by atoms with Crippen LogP contribution in [0.5, 0.6) is 5.75 Å². The molecular formula is C26H28N2O6S. The van der Waals surface area contributed by atoms with Gasteiger partial charge in [0.05, 0.1) is 35.0 Å². The number of benzene rings is 3. The van der Waals surface area contributed by atoms with Crippen molar-refractivity contribution >= 4 is 33.3 Å². The van der Waals surface area contributed by atoms with Crippen LogP contribution in [0.3, 0.4) is 0 Å². The molecule has 3 aromatic rings. The van der Waals surface area contributed by atoms with Crippen molar-refractivity contribution in [3.63, 3.8) is 0 Å². The predicted molar refractivity (Wildman–Crippen MR) is 134 cm³/mol. The summed E-state index contributed by atoms with van der Waals surface area (Å²) in [4.78, 5) is 25.3. The van der Waals surface area contributed by atoms with E-state index >= 15 is 0 Å². The summed E-state index contributed by atoms with van der Waals surface area (Å²) in [5.41, 5.74) is 1.61. The zero-order valence-electron chi connectivity index (χ0n) is 19.9. The SMILES string of the molecule is CCOC(=O)c1ccccc1NC(=O)CN(c1ccc(OCC)cc1)S(=O)(=O)c1ccc(C)cc1. The van der Waals surface area contributed by atoms with Crippen LogP contribution in [0.2, 0.25) is 0 Å². The van der Waals surface area contributed by atoms with Gasteiger partial charge < -0.3 is 14.8 Å². The van der Waals surface area contributed by atoms with E-state index in [-0.39, 0.29) is 22.8 Å². The molecule has 0 spiro atoms. The van der Waals surface area contributed by atoms with Crippen LogP contribution in [0.25, 0.3) is 0 Å². The third kappa shape index (κ3) is 6.39. The number of nitrogens with zero attached hydrogens (tertiary/aromatic N) is 1. The number of rotatable bonds is 10. The number of ether oxygens (including phenoxy) is 2. The summed E-state index contributed by atoms with van der Waals surface area (Å²) >= 11 is 0. The van der Waals surface area contributed by atoms with Gasteiger partial charge in [-0.25, -0.2) is 13.2 Å². The second-order valence-electron chi connectivity index (χ2n) is 7.57. The Morgan fingerprint density at radius 3 is 2.17 bits per heavy atom. The van der Waals surface area contributed by atoms with Crippen molar-refractivity contribution in [1.29, 1.82) is 0 Å². The molecule has 1 N–H and O–H groups in total. The largest absolute Gasteiger partial charge is 0.494 e. The molecule has 184 valence electrons. The van der Waals surface area contributed by atoms with Gasteiger partial charge in [-0.15, -0.1) is 0 Å². The van der Waals surface area contributed by atoms with E-state index in [4.69, 9.17) is 9.47 Å². The molecule has 8 nitrogen and oxygen atoms in total. The van der Waals surface area contributed by atoms with E-state index in [2.05, 4.69) is 5.32 Å². The van der Waals surface area contributed by atoms with Crippen LogP contribution in [0.4, 0.5) is 11.4 Å². The highest BCUT2D eigenvalue weighted by molar-refractivity contribution is 7.92. The van der Waals surface area contributed by atoms with E-state index in [1.165, 1.54) is 18.2 Å². The molecule has 35 heavy (non-hydrogen) atoms. The van der Waals surface area contributed by atoms with Crippen LogP contribution < -0.4 is 14.4 Å². The molecule has 0 aliphatic rings. The number of esters is 1. The number of carbonyl (C=O) groups is 2. The molecule has 9 heteroatoms. The van der Waals surface area contributed by atoms with Crippen molar-refractivity contribution < 1.29 is 27.5 Å². The monoisotopic (exact) mass is 496 g/mol. The lowest BCUT2D eigenvalue weighted by Crippen LogP contribution is -2.38. The number of sulfonamides is 1. The molecule has 0 unspecified atom stereocenters. The number of nitrogens with one attached hydrogen (secondary N) is 1. The van der Waals surface area contributed by atoms with Gasteiger partial charge in [-0.1, -0.05) is 29.8 Å². The lowest BCUT2D eigenvalue weighted by molar-refractivity contribution is -0.114. The Kier molecular flexibility index (Phi) is 8.48. The standard InChI is InChI=1S/C26H28N2O6S/c1-4-33-21-14-12-20(13-15-21)28(35(31,32)22-16-10-19(3)11-17-22)18-25(29)27-24-9-7-6-8-23(24)26(30)34-5-2/h6-17H,4-5,18H2,1-3H3,(H,27,29). The third-order valence-corrected chi connectivity index (χ3v) is 6.82. The first-order valence-electron chi connectivity index (χ1n) is 11.1. The molecule has 0 atom stereocenters. The predicted octanol–water partition coefficient (Wildman–Crippen LogP) is 4.40. The first-order valence-corrected chi connectivity index (χ1v) is 12.6. The molecule has 0 aliphatic heterocycles. The molecule has 1 amide bonds. The van der Waals surface area contributed by atoms with Gasteiger partial charge in [0.1, 0.15) is 12.3 Å². The summed E-state index contributed by atoms with van der Waals surface area (Å²) in [6, 6.07) is 19.2. The Hall–Kier alpha value is -3.85. The second kappa shape index (κ2) is 11.5. The number of amides is 1. The second-order valence-corrected chi connectivity index (χ2v) is 9.43. The molecule has 3 aromatic carbocycles. The number of anilines is 2. The Morgan fingerprint density at radius 2 is 1.54 bits per heavy atom. The van der Waals surface area contributed by atoms with Crippen LogP contribution in [0, 0.1) is 6.92 Å². The van der Waals surface area contributed by atoms with Crippen LogP contribution in [-0.2, 0) is 19.6 Å². The van der Waals surface area contributed by atoms with Gasteiger partial charge in [-0.3, -0.25) is 9.10 Å². The van der Waals surface area contributed by atoms with Gasteiger partial charge >= 0.3 is 5.97 Å². The van der Waals surface area contributed by atoms with Crippen molar-refractivity contribution in [2.75, 3.05) is 29.4 Å². The number of hydrogen-bond donors (Lipinski definition) is 1. The maximum Gasteiger partial charge on any atom is 0.340 e. The Labute approximate surface area is 205 Å². The minimum Gasteiger partial charge on any atom is -0.494 e. The lowest BCUT2D eigenvalue weighted by Gasteiger charge is -2.24. The smallest absolute Gasteiger partial charge is 0.340 e. The molecule has 0 saturated heterocycles. The van der Waals surface area contributed by atoms with Crippen LogP contribution >= 0.6 is 0 Å². The fraction of sp³-hybridized carbons (Fsp3) is 0.231. The topological polar surface area (TPSA) is 102 Å². The Balaban J connectivity index is 1.94. The van der Waals surface area contributed by atoms with Gasteiger partial charge in [0.2, 0.25) is 5.91 Å². The van der Waals surface area contributed by atoms with E-state index in [1.807, 2.05) is 13.8 Å². The summed E-state index contributed by atoms with van der Waals surface area (Å²) in [7, 11) is -4.08. The highest BCUT2D eigenvalue weighted by Crippen LogP contribution is 2.26. The molecule has 0 bridgehead atoms. The molecule has 0 aliphatic carbocycles. The lowest BCUT2D eigenvalue weighted by atomic mass is 10.2. The Morgan fingerprint density at radius 1 is 0.886 bits per heavy atom. The molecule has 0 fully saturated rings. The molecule has 0 saturated carbocycles. The highest BCUT2D eigenvalue weighted by atomic mass is 32.2. The third-order valence-electron chi connectivity index (χ3n) is 5.03. The van der Waals surface area contributed by atoms with E-state index in [9.17, 15) is 18.0 Å². The molecular weight excluding hydrogens is 468 g/mol.